The van der Waals surface area contributed by atoms with Crippen LogP contribution in [-0.4, -0.2) is 18.3 Å². The van der Waals surface area contributed by atoms with Gasteiger partial charge in [0.2, 0.25) is 0 Å². The predicted octanol–water partition coefficient (Wildman–Crippen LogP) is 4.10. The first-order valence-corrected chi connectivity index (χ1v) is 8.15. The maximum Gasteiger partial charge on any atom is 0.338 e. The van der Waals surface area contributed by atoms with Gasteiger partial charge < -0.3 is 4.74 Å². The molecule has 0 aliphatic carbocycles. The molecule has 0 saturated carbocycles. The van der Waals surface area contributed by atoms with Gasteiger partial charge in [0.15, 0.2) is 5.54 Å². The van der Waals surface area contributed by atoms with Crippen LogP contribution in [0, 0.1) is 0 Å². The Labute approximate surface area is 137 Å². The summed E-state index contributed by atoms with van der Waals surface area (Å²) in [6.07, 6.45) is 1.51. The number of esters is 1. The van der Waals surface area contributed by atoms with Crippen LogP contribution in [-0.2, 0) is 15.1 Å². The molecule has 23 heavy (non-hydrogen) atoms. The van der Waals surface area contributed by atoms with Gasteiger partial charge in [-0.3, -0.25) is 4.99 Å². The first kappa shape index (κ1) is 15.5. The minimum Gasteiger partial charge on any atom is -0.464 e. The minimum absolute atomic E-state index is 0.250. The lowest BCUT2D eigenvalue weighted by atomic mass is 9.85. The molecule has 3 rings (SSSR count). The third kappa shape index (κ3) is 2.56. The van der Waals surface area contributed by atoms with Gasteiger partial charge in [0.25, 0.3) is 0 Å². The van der Waals surface area contributed by atoms with Crippen molar-refractivity contribution < 1.29 is 9.53 Å². The number of benzene rings is 2. The maximum absolute atomic E-state index is 12.8. The second kappa shape index (κ2) is 6.37. The lowest BCUT2D eigenvalue weighted by molar-refractivity contribution is -0.150. The molecule has 0 fully saturated rings. The average molecular weight is 307 g/mol. The Morgan fingerprint density at radius 2 is 1.74 bits per heavy atom. The fraction of sp³-hybridized carbons (Fsp3) is 0.300. The SMILES string of the molecule is CCCC1(C(=O)OCC)N=C(c2ccccc2)c2ccccc21. The molecular formula is C20H21NO2. The molecule has 2 aromatic rings. The van der Waals surface area contributed by atoms with Crippen molar-refractivity contribution in [3.8, 4) is 0 Å². The van der Waals surface area contributed by atoms with Crippen LogP contribution in [0.25, 0.3) is 0 Å². The predicted molar refractivity (Wildman–Crippen MR) is 91.7 cm³/mol. The average Bonchev–Trinajstić information content (AvgIpc) is 2.92. The Hall–Kier alpha value is -2.42. The molecule has 0 N–H and O–H groups in total. The summed E-state index contributed by atoms with van der Waals surface area (Å²) in [4.78, 5) is 17.7. The van der Waals surface area contributed by atoms with Crippen LogP contribution in [0.15, 0.2) is 59.6 Å². The van der Waals surface area contributed by atoms with Crippen molar-refractivity contribution in [3.05, 3.63) is 71.3 Å². The lowest BCUT2D eigenvalue weighted by Crippen LogP contribution is -2.34. The van der Waals surface area contributed by atoms with Gasteiger partial charge in [-0.1, -0.05) is 67.9 Å². The van der Waals surface area contributed by atoms with Crippen LogP contribution in [0.4, 0.5) is 0 Å². The van der Waals surface area contributed by atoms with E-state index < -0.39 is 5.54 Å². The molecule has 3 nitrogen and oxygen atoms in total. The van der Waals surface area contributed by atoms with Gasteiger partial charge in [0, 0.05) is 16.7 Å². The van der Waals surface area contributed by atoms with E-state index >= 15 is 0 Å². The maximum atomic E-state index is 12.8. The van der Waals surface area contributed by atoms with E-state index in [1.807, 2.05) is 61.5 Å². The Kier molecular flexibility index (Phi) is 4.28. The molecule has 0 saturated heterocycles. The standard InChI is InChI=1S/C20H21NO2/c1-3-14-20(19(22)23-4-2)17-13-9-8-12-16(17)18(21-20)15-10-6-5-7-11-15/h5-13H,3-4,14H2,1-2H3. The summed E-state index contributed by atoms with van der Waals surface area (Å²) in [5, 5.41) is 0. The Bertz CT molecular complexity index is 736. The van der Waals surface area contributed by atoms with Crippen molar-refractivity contribution >= 4 is 11.7 Å². The minimum atomic E-state index is -0.910. The van der Waals surface area contributed by atoms with Crippen LogP contribution < -0.4 is 0 Å². The molecule has 1 unspecified atom stereocenters. The van der Waals surface area contributed by atoms with Crippen molar-refractivity contribution in [2.45, 2.75) is 32.2 Å². The van der Waals surface area contributed by atoms with Crippen molar-refractivity contribution in [3.63, 3.8) is 0 Å². The number of ether oxygens (including phenoxy) is 1. The summed E-state index contributed by atoms with van der Waals surface area (Å²) in [7, 11) is 0. The van der Waals surface area contributed by atoms with E-state index in [0.29, 0.717) is 13.0 Å². The molecule has 1 atom stereocenters. The Morgan fingerprint density at radius 1 is 1.04 bits per heavy atom. The quantitative estimate of drug-likeness (QED) is 0.780. The van der Waals surface area contributed by atoms with E-state index in [2.05, 4.69) is 6.92 Å². The normalized spacial score (nSPS) is 19.1. The molecular weight excluding hydrogens is 286 g/mol. The zero-order valence-corrected chi connectivity index (χ0v) is 13.6. The summed E-state index contributed by atoms with van der Waals surface area (Å²) in [6, 6.07) is 18.0. The number of carbonyl (C=O) groups is 1. The highest BCUT2D eigenvalue weighted by molar-refractivity contribution is 6.18. The van der Waals surface area contributed by atoms with Gasteiger partial charge >= 0.3 is 5.97 Å². The number of aliphatic imine (C=N–C) groups is 1. The molecule has 0 bridgehead atoms. The highest BCUT2D eigenvalue weighted by atomic mass is 16.5. The zero-order chi connectivity index (χ0) is 16.3. The van der Waals surface area contributed by atoms with E-state index in [1.54, 1.807) is 0 Å². The fourth-order valence-corrected chi connectivity index (χ4v) is 3.24. The van der Waals surface area contributed by atoms with Gasteiger partial charge in [-0.2, -0.15) is 0 Å². The van der Waals surface area contributed by atoms with Crippen molar-refractivity contribution in [1.29, 1.82) is 0 Å². The van der Waals surface area contributed by atoms with Gasteiger partial charge in [-0.05, 0) is 13.3 Å². The highest BCUT2D eigenvalue weighted by Crippen LogP contribution is 2.41. The zero-order valence-electron chi connectivity index (χ0n) is 13.6. The number of nitrogens with zero attached hydrogens (tertiary/aromatic N) is 1. The van der Waals surface area contributed by atoms with Gasteiger partial charge in [-0.25, -0.2) is 4.79 Å². The number of hydrogen-bond donors (Lipinski definition) is 0. The number of hydrogen-bond acceptors (Lipinski definition) is 3. The van der Waals surface area contributed by atoms with Crippen LogP contribution in [0.1, 0.15) is 43.4 Å². The van der Waals surface area contributed by atoms with E-state index in [1.165, 1.54) is 0 Å². The third-order valence-corrected chi connectivity index (χ3v) is 4.20. The number of fused-ring (bicyclic) bond motifs is 1. The number of rotatable bonds is 5. The van der Waals surface area contributed by atoms with Crippen LogP contribution in [0.3, 0.4) is 0 Å². The summed E-state index contributed by atoms with van der Waals surface area (Å²) in [5.74, 6) is -0.250. The second-order valence-corrected chi connectivity index (χ2v) is 5.70. The van der Waals surface area contributed by atoms with Crippen LogP contribution >= 0.6 is 0 Å². The summed E-state index contributed by atoms with van der Waals surface area (Å²) < 4.78 is 5.38. The molecule has 0 radical (unpaired) electrons. The molecule has 1 aliphatic heterocycles. The third-order valence-electron chi connectivity index (χ3n) is 4.20. The monoisotopic (exact) mass is 307 g/mol. The largest absolute Gasteiger partial charge is 0.464 e. The molecule has 2 aromatic carbocycles. The topological polar surface area (TPSA) is 38.7 Å². The molecule has 3 heteroatoms. The molecule has 1 heterocycles. The van der Waals surface area contributed by atoms with E-state index in [4.69, 9.17) is 9.73 Å². The van der Waals surface area contributed by atoms with Crippen molar-refractivity contribution in [2.75, 3.05) is 6.61 Å². The van der Waals surface area contributed by atoms with Gasteiger partial charge in [-0.15, -0.1) is 0 Å². The smallest absolute Gasteiger partial charge is 0.338 e. The van der Waals surface area contributed by atoms with Crippen molar-refractivity contribution in [2.24, 2.45) is 4.99 Å². The van der Waals surface area contributed by atoms with Crippen LogP contribution in [0.2, 0.25) is 0 Å². The van der Waals surface area contributed by atoms with E-state index in [9.17, 15) is 4.79 Å². The van der Waals surface area contributed by atoms with Gasteiger partial charge in [0.1, 0.15) is 0 Å². The molecule has 0 amide bonds. The van der Waals surface area contributed by atoms with Crippen molar-refractivity contribution in [1.82, 2.24) is 0 Å². The lowest BCUT2D eigenvalue weighted by Gasteiger charge is -2.24. The fourth-order valence-electron chi connectivity index (χ4n) is 3.24. The van der Waals surface area contributed by atoms with E-state index in [-0.39, 0.29) is 5.97 Å². The first-order chi connectivity index (χ1) is 11.2. The second-order valence-electron chi connectivity index (χ2n) is 5.70. The number of carbonyl (C=O) groups excluding carboxylic acids is 1. The Morgan fingerprint density at radius 3 is 2.43 bits per heavy atom. The molecule has 0 aromatic heterocycles. The summed E-state index contributed by atoms with van der Waals surface area (Å²) in [5.41, 5.74) is 2.98. The molecule has 118 valence electrons. The molecule has 0 spiro atoms. The Balaban J connectivity index is 2.20. The highest BCUT2D eigenvalue weighted by Gasteiger charge is 2.47. The van der Waals surface area contributed by atoms with Gasteiger partial charge in [0.05, 0.1) is 12.3 Å². The first-order valence-electron chi connectivity index (χ1n) is 8.15. The summed E-state index contributed by atoms with van der Waals surface area (Å²) >= 11 is 0. The molecule has 1 aliphatic rings. The van der Waals surface area contributed by atoms with E-state index in [0.717, 1.165) is 28.8 Å². The summed E-state index contributed by atoms with van der Waals surface area (Å²) in [6.45, 7) is 4.27. The van der Waals surface area contributed by atoms with Crippen LogP contribution in [0.5, 0.6) is 0 Å².